The van der Waals surface area contributed by atoms with Crippen molar-refractivity contribution in [2.45, 2.75) is 44.6 Å². The highest BCUT2D eigenvalue weighted by Gasteiger charge is 2.31. The number of rotatable bonds is 1. The van der Waals surface area contributed by atoms with Gasteiger partial charge in [0.1, 0.15) is 0 Å². The average molecular weight is 265 g/mol. The third-order valence-electron chi connectivity index (χ3n) is 3.18. The molecule has 11 heavy (non-hydrogen) atoms. The van der Waals surface area contributed by atoms with Gasteiger partial charge in [0, 0.05) is 35.5 Å². The first kappa shape index (κ1) is 8.30. The summed E-state index contributed by atoms with van der Waals surface area (Å²) in [6, 6.07) is 0.943. The van der Waals surface area contributed by atoms with E-state index in [4.69, 9.17) is 0 Å². The van der Waals surface area contributed by atoms with Crippen molar-refractivity contribution >= 4 is 22.9 Å². The predicted molar refractivity (Wildman–Crippen MR) is 55.7 cm³/mol. The van der Waals surface area contributed by atoms with Gasteiger partial charge in [0.25, 0.3) is 0 Å². The van der Waals surface area contributed by atoms with Crippen LogP contribution in [0.5, 0.6) is 0 Å². The highest BCUT2D eigenvalue weighted by Crippen LogP contribution is 2.36. The van der Waals surface area contributed by atoms with E-state index in [-0.39, 0.29) is 0 Å². The topological polar surface area (TPSA) is 3.24 Å². The molecule has 0 unspecified atom stereocenters. The summed E-state index contributed by atoms with van der Waals surface area (Å²) in [5.74, 6) is 1.05. The van der Waals surface area contributed by atoms with Gasteiger partial charge in [-0.05, 0) is 31.6 Å². The Morgan fingerprint density at radius 1 is 1.00 bits per heavy atom. The number of hydrogen-bond donors (Lipinski definition) is 0. The molecule has 0 aromatic rings. The first-order valence-electron chi connectivity index (χ1n) is 4.80. The largest absolute Gasteiger partial charge is 0.244 e. The predicted octanol–water partition coefficient (Wildman–Crippen LogP) is 2.99. The molecule has 0 radical (unpaired) electrons. The molecule has 1 atom stereocenters. The minimum absolute atomic E-state index is 0.943. The smallest absolute Gasteiger partial charge is 0.0222 e. The molecule has 0 amide bonds. The Morgan fingerprint density at radius 2 is 1.73 bits per heavy atom. The van der Waals surface area contributed by atoms with Crippen LogP contribution in [0.1, 0.15) is 38.5 Å². The van der Waals surface area contributed by atoms with Crippen molar-refractivity contribution in [1.29, 1.82) is 0 Å². The molecule has 1 heterocycles. The minimum Gasteiger partial charge on any atom is -0.244 e. The molecule has 1 saturated heterocycles. The van der Waals surface area contributed by atoms with E-state index in [1.54, 1.807) is 0 Å². The second kappa shape index (κ2) is 3.60. The fourth-order valence-corrected chi connectivity index (χ4v) is 3.64. The highest BCUT2D eigenvalue weighted by atomic mass is 127. The fraction of sp³-hybridized carbons (Fsp3) is 1.00. The van der Waals surface area contributed by atoms with Crippen molar-refractivity contribution in [2.75, 3.05) is 6.54 Å². The Bertz CT molecular complexity index is 132. The maximum Gasteiger partial charge on any atom is 0.0222 e. The Hall–Kier alpha value is 0.690. The summed E-state index contributed by atoms with van der Waals surface area (Å²) in [6.07, 6.45) is 8.89. The maximum atomic E-state index is 2.55. The summed E-state index contributed by atoms with van der Waals surface area (Å²) in [5.41, 5.74) is 0. The van der Waals surface area contributed by atoms with Gasteiger partial charge in [-0.2, -0.15) is 0 Å². The molecule has 2 fully saturated rings. The van der Waals surface area contributed by atoms with E-state index in [0.717, 1.165) is 12.0 Å². The maximum absolute atomic E-state index is 2.55. The van der Waals surface area contributed by atoms with Gasteiger partial charge in [0.2, 0.25) is 0 Å². The van der Waals surface area contributed by atoms with E-state index < -0.39 is 0 Å². The molecule has 1 aliphatic heterocycles. The zero-order valence-electron chi connectivity index (χ0n) is 6.93. The van der Waals surface area contributed by atoms with Crippen LogP contribution in [0.15, 0.2) is 0 Å². The monoisotopic (exact) mass is 265 g/mol. The molecular formula is C9H16IN. The quantitative estimate of drug-likeness (QED) is 0.520. The summed E-state index contributed by atoms with van der Waals surface area (Å²) in [5, 5.41) is 0. The van der Waals surface area contributed by atoms with Crippen LogP contribution in [-0.4, -0.2) is 15.7 Å². The molecule has 64 valence electrons. The van der Waals surface area contributed by atoms with E-state index >= 15 is 0 Å². The van der Waals surface area contributed by atoms with Gasteiger partial charge in [-0.3, -0.25) is 0 Å². The lowest BCUT2D eigenvalue weighted by Crippen LogP contribution is -2.26. The van der Waals surface area contributed by atoms with Gasteiger partial charge in [-0.1, -0.05) is 12.8 Å². The number of halogens is 1. The molecule has 1 saturated carbocycles. The number of nitrogens with zero attached hydrogens (tertiary/aromatic N) is 1. The lowest BCUT2D eigenvalue weighted by molar-refractivity contribution is 0.328. The molecule has 0 spiro atoms. The van der Waals surface area contributed by atoms with E-state index in [9.17, 15) is 0 Å². The van der Waals surface area contributed by atoms with Gasteiger partial charge < -0.3 is 0 Å². The normalized spacial score (nSPS) is 35.2. The molecule has 2 rings (SSSR count). The van der Waals surface area contributed by atoms with Gasteiger partial charge in [0.05, 0.1) is 0 Å². The molecule has 2 aliphatic rings. The Balaban J connectivity index is 1.92. The van der Waals surface area contributed by atoms with Crippen LogP contribution in [0.3, 0.4) is 0 Å². The average Bonchev–Trinajstić information content (AvgIpc) is 2.55. The lowest BCUT2D eigenvalue weighted by Gasteiger charge is -2.23. The van der Waals surface area contributed by atoms with E-state index in [1.165, 1.54) is 45.1 Å². The van der Waals surface area contributed by atoms with Crippen LogP contribution in [0.25, 0.3) is 0 Å². The van der Waals surface area contributed by atoms with Gasteiger partial charge in [0.15, 0.2) is 0 Å². The molecule has 0 aromatic heterocycles. The van der Waals surface area contributed by atoms with Crippen LogP contribution in [0.2, 0.25) is 0 Å². The highest BCUT2D eigenvalue weighted by molar-refractivity contribution is 14.1. The number of hydrogen-bond acceptors (Lipinski definition) is 1. The van der Waals surface area contributed by atoms with Crippen molar-refractivity contribution < 1.29 is 0 Å². The van der Waals surface area contributed by atoms with E-state index in [0.29, 0.717) is 0 Å². The van der Waals surface area contributed by atoms with Crippen molar-refractivity contribution in [3.05, 3.63) is 0 Å². The van der Waals surface area contributed by atoms with Crippen molar-refractivity contribution in [3.8, 4) is 0 Å². The first-order chi connectivity index (χ1) is 5.38. The Morgan fingerprint density at radius 3 is 2.27 bits per heavy atom. The van der Waals surface area contributed by atoms with Crippen LogP contribution in [-0.2, 0) is 0 Å². The zero-order valence-corrected chi connectivity index (χ0v) is 9.09. The zero-order chi connectivity index (χ0) is 7.68. The molecular weight excluding hydrogens is 249 g/mol. The van der Waals surface area contributed by atoms with E-state index in [1.807, 2.05) is 0 Å². The molecule has 1 nitrogen and oxygen atoms in total. The molecule has 0 bridgehead atoms. The van der Waals surface area contributed by atoms with E-state index in [2.05, 4.69) is 26.0 Å². The standard InChI is InChI=1S/C9H16IN/c10-11-7-3-6-9(11)8-4-1-2-5-8/h8-9H,1-7H2/t9-/m0/s1. The summed E-state index contributed by atoms with van der Waals surface area (Å²) in [7, 11) is 0. The third-order valence-corrected chi connectivity index (χ3v) is 4.37. The second-order valence-corrected chi connectivity index (χ2v) is 5.12. The lowest BCUT2D eigenvalue weighted by atomic mass is 9.97. The van der Waals surface area contributed by atoms with Crippen LogP contribution in [0.4, 0.5) is 0 Å². The minimum atomic E-state index is 0.943. The van der Waals surface area contributed by atoms with Crippen LogP contribution in [0, 0.1) is 5.92 Å². The van der Waals surface area contributed by atoms with Gasteiger partial charge in [-0.15, -0.1) is 0 Å². The van der Waals surface area contributed by atoms with Crippen LogP contribution >= 0.6 is 22.9 Å². The molecule has 0 aromatic carbocycles. The van der Waals surface area contributed by atoms with Gasteiger partial charge >= 0.3 is 0 Å². The molecule has 1 aliphatic carbocycles. The summed E-state index contributed by atoms with van der Waals surface area (Å²) < 4.78 is 2.55. The summed E-state index contributed by atoms with van der Waals surface area (Å²) >= 11 is 2.52. The summed E-state index contributed by atoms with van der Waals surface area (Å²) in [4.78, 5) is 0. The van der Waals surface area contributed by atoms with Gasteiger partial charge in [-0.25, -0.2) is 3.11 Å². The second-order valence-electron chi connectivity index (χ2n) is 3.88. The third kappa shape index (κ3) is 1.72. The Kier molecular flexibility index (Phi) is 2.72. The van der Waals surface area contributed by atoms with Crippen molar-refractivity contribution in [1.82, 2.24) is 3.11 Å². The van der Waals surface area contributed by atoms with Crippen molar-refractivity contribution in [3.63, 3.8) is 0 Å². The molecule has 2 heteroatoms. The Labute approximate surface area is 83.0 Å². The van der Waals surface area contributed by atoms with Crippen LogP contribution < -0.4 is 0 Å². The fourth-order valence-electron chi connectivity index (χ4n) is 2.56. The SMILES string of the molecule is IN1CCC[C@H]1C1CCCC1. The molecule has 0 N–H and O–H groups in total. The van der Waals surface area contributed by atoms with Crippen molar-refractivity contribution in [2.24, 2.45) is 5.92 Å². The summed E-state index contributed by atoms with van der Waals surface area (Å²) in [6.45, 7) is 1.34. The first-order valence-corrected chi connectivity index (χ1v) is 5.77.